The molecule has 1 aliphatic heterocycles. The molecule has 1 aromatic carbocycles. The predicted octanol–water partition coefficient (Wildman–Crippen LogP) is 2.29. The number of nitriles is 1. The van der Waals surface area contributed by atoms with Gasteiger partial charge in [0.25, 0.3) is 0 Å². The zero-order chi connectivity index (χ0) is 20.1. The van der Waals surface area contributed by atoms with Crippen LogP contribution in [-0.4, -0.2) is 59.8 Å². The summed E-state index contributed by atoms with van der Waals surface area (Å²) in [4.78, 5) is 22.0. The third kappa shape index (κ3) is 4.27. The van der Waals surface area contributed by atoms with Crippen LogP contribution < -0.4 is 10.2 Å². The van der Waals surface area contributed by atoms with Gasteiger partial charge in [-0.2, -0.15) is 5.26 Å². The number of piperazine rings is 1. The Labute approximate surface area is 165 Å². The molecule has 0 bridgehead atoms. The Balaban J connectivity index is 1.90. The van der Waals surface area contributed by atoms with Crippen molar-refractivity contribution in [2.24, 2.45) is 5.92 Å². The van der Waals surface area contributed by atoms with Crippen LogP contribution in [0.3, 0.4) is 0 Å². The molecular formula is C21H26N6O. The lowest BCUT2D eigenvalue weighted by Crippen LogP contribution is -2.52. The number of carbonyl (C=O) groups excluding carboxylic acids is 1. The molecule has 0 aliphatic carbocycles. The van der Waals surface area contributed by atoms with E-state index in [0.29, 0.717) is 25.5 Å². The van der Waals surface area contributed by atoms with E-state index in [1.165, 1.54) is 0 Å². The topological polar surface area (TPSA) is 77.2 Å². The van der Waals surface area contributed by atoms with Crippen LogP contribution in [0, 0.1) is 29.1 Å². The number of aromatic nitrogens is 2. The Hall–Kier alpha value is -3.03. The van der Waals surface area contributed by atoms with Crippen molar-refractivity contribution < 1.29 is 4.79 Å². The van der Waals surface area contributed by atoms with Crippen molar-refractivity contribution in [3.05, 3.63) is 24.3 Å². The number of nitrogens with one attached hydrogen (secondary N) is 1. The Morgan fingerprint density at radius 2 is 2.14 bits per heavy atom. The van der Waals surface area contributed by atoms with Crippen LogP contribution in [0.2, 0.25) is 0 Å². The van der Waals surface area contributed by atoms with Gasteiger partial charge in [-0.25, -0.2) is 14.3 Å². The number of imidazole rings is 1. The molecule has 7 nitrogen and oxygen atoms in total. The average molecular weight is 378 g/mol. The van der Waals surface area contributed by atoms with Crippen molar-refractivity contribution >= 4 is 23.0 Å². The summed E-state index contributed by atoms with van der Waals surface area (Å²) in [6.45, 7) is 6.55. The van der Waals surface area contributed by atoms with Gasteiger partial charge in [0.05, 0.1) is 30.1 Å². The quantitative estimate of drug-likeness (QED) is 0.829. The Morgan fingerprint density at radius 3 is 2.89 bits per heavy atom. The number of likely N-dealkylation sites (N-methyl/N-ethyl adjacent to an activating group) is 1. The zero-order valence-electron chi connectivity index (χ0n) is 16.6. The molecule has 1 aromatic heterocycles. The maximum Gasteiger partial charge on any atom is 0.329 e. The molecule has 28 heavy (non-hydrogen) atoms. The van der Waals surface area contributed by atoms with E-state index in [-0.39, 0.29) is 18.0 Å². The first-order valence-corrected chi connectivity index (χ1v) is 9.57. The summed E-state index contributed by atoms with van der Waals surface area (Å²) in [7, 11) is 2.03. The van der Waals surface area contributed by atoms with Crippen LogP contribution in [0.25, 0.3) is 11.0 Å². The number of rotatable bonds is 3. The van der Waals surface area contributed by atoms with Crippen LogP contribution in [0.4, 0.5) is 10.7 Å². The van der Waals surface area contributed by atoms with Gasteiger partial charge in [0.1, 0.15) is 0 Å². The van der Waals surface area contributed by atoms with E-state index in [1.54, 1.807) is 4.57 Å². The van der Waals surface area contributed by atoms with E-state index in [2.05, 4.69) is 33.0 Å². The number of hydrogen-bond donors (Lipinski definition) is 1. The Kier molecular flexibility index (Phi) is 6.18. The summed E-state index contributed by atoms with van der Waals surface area (Å²) < 4.78 is 1.63. The van der Waals surface area contributed by atoms with Crippen molar-refractivity contribution in [2.75, 3.05) is 38.1 Å². The largest absolute Gasteiger partial charge is 0.339 e. The number of para-hydroxylation sites is 2. The second-order valence-corrected chi connectivity index (χ2v) is 7.31. The van der Waals surface area contributed by atoms with Crippen LogP contribution in [-0.2, 0) is 0 Å². The fourth-order valence-corrected chi connectivity index (χ4v) is 3.33. The minimum absolute atomic E-state index is 0.118. The van der Waals surface area contributed by atoms with Crippen molar-refractivity contribution in [3.63, 3.8) is 0 Å². The highest BCUT2D eigenvalue weighted by atomic mass is 16.2. The van der Waals surface area contributed by atoms with Gasteiger partial charge in [-0.05, 0) is 19.2 Å². The standard InChI is InChI=1S/C21H26N6O/c1-16(2)7-6-12-23-21(28)27-19-9-5-4-8-18(19)24-20(27)26-14-13-25(3)17(15-26)10-11-22/h4-5,8-9,16-17H,10,12-15H2,1-3H3,(H,23,28). The average Bonchev–Trinajstić information content (AvgIpc) is 3.06. The molecule has 1 atom stereocenters. The van der Waals surface area contributed by atoms with Crippen molar-refractivity contribution in [3.8, 4) is 17.9 Å². The van der Waals surface area contributed by atoms with E-state index in [4.69, 9.17) is 10.2 Å². The summed E-state index contributed by atoms with van der Waals surface area (Å²) in [5, 5.41) is 12.0. The normalized spacial score (nSPS) is 17.2. The van der Waals surface area contributed by atoms with Gasteiger partial charge >= 0.3 is 6.03 Å². The second-order valence-electron chi connectivity index (χ2n) is 7.31. The molecule has 0 saturated carbocycles. The molecule has 7 heteroatoms. The molecule has 1 unspecified atom stereocenters. The zero-order valence-corrected chi connectivity index (χ0v) is 16.6. The maximum absolute atomic E-state index is 13.0. The number of nitrogens with zero attached hydrogens (tertiary/aromatic N) is 5. The van der Waals surface area contributed by atoms with E-state index in [9.17, 15) is 4.79 Å². The molecular weight excluding hydrogens is 352 g/mol. The van der Waals surface area contributed by atoms with Crippen LogP contribution in [0.15, 0.2) is 24.3 Å². The second kappa shape index (κ2) is 8.77. The number of hydrogen-bond acceptors (Lipinski definition) is 5. The third-order valence-electron chi connectivity index (χ3n) is 4.85. The molecule has 1 N–H and O–H groups in total. The maximum atomic E-state index is 13.0. The summed E-state index contributed by atoms with van der Waals surface area (Å²) in [5.74, 6) is 6.92. The van der Waals surface area contributed by atoms with Crippen molar-refractivity contribution in [1.29, 1.82) is 5.26 Å². The van der Waals surface area contributed by atoms with E-state index in [1.807, 2.05) is 45.2 Å². The highest BCUT2D eigenvalue weighted by Crippen LogP contribution is 2.25. The molecule has 1 fully saturated rings. The molecule has 3 rings (SSSR count). The van der Waals surface area contributed by atoms with E-state index >= 15 is 0 Å². The highest BCUT2D eigenvalue weighted by Gasteiger charge is 2.29. The lowest BCUT2D eigenvalue weighted by molar-refractivity contribution is 0.219. The van der Waals surface area contributed by atoms with E-state index in [0.717, 1.165) is 24.1 Å². The fraction of sp³-hybridized carbons (Fsp3) is 0.476. The van der Waals surface area contributed by atoms with Crippen LogP contribution in [0.5, 0.6) is 0 Å². The monoisotopic (exact) mass is 378 g/mol. The van der Waals surface area contributed by atoms with Crippen molar-refractivity contribution in [2.45, 2.75) is 26.3 Å². The molecule has 1 amide bonds. The van der Waals surface area contributed by atoms with Gasteiger partial charge in [0.15, 0.2) is 0 Å². The number of fused-ring (bicyclic) bond motifs is 1. The predicted molar refractivity (Wildman–Crippen MR) is 110 cm³/mol. The molecule has 1 aliphatic rings. The molecule has 1 saturated heterocycles. The fourth-order valence-electron chi connectivity index (χ4n) is 3.33. The lowest BCUT2D eigenvalue weighted by atomic mass is 10.1. The molecule has 2 heterocycles. The third-order valence-corrected chi connectivity index (χ3v) is 4.85. The number of amides is 1. The van der Waals surface area contributed by atoms with Gasteiger partial charge < -0.3 is 10.2 Å². The van der Waals surface area contributed by atoms with Crippen LogP contribution >= 0.6 is 0 Å². The highest BCUT2D eigenvalue weighted by molar-refractivity contribution is 5.93. The lowest BCUT2D eigenvalue weighted by Gasteiger charge is -2.38. The first-order valence-electron chi connectivity index (χ1n) is 9.57. The van der Waals surface area contributed by atoms with Gasteiger partial charge in [-0.3, -0.25) is 4.90 Å². The minimum atomic E-state index is -0.238. The van der Waals surface area contributed by atoms with Gasteiger partial charge in [0, 0.05) is 31.6 Å². The summed E-state index contributed by atoms with van der Waals surface area (Å²) >= 11 is 0. The van der Waals surface area contributed by atoms with Gasteiger partial charge in [-0.1, -0.05) is 37.8 Å². The summed E-state index contributed by atoms with van der Waals surface area (Å²) in [5.41, 5.74) is 1.54. The molecule has 146 valence electrons. The Morgan fingerprint density at radius 1 is 1.36 bits per heavy atom. The molecule has 0 spiro atoms. The minimum Gasteiger partial charge on any atom is -0.339 e. The van der Waals surface area contributed by atoms with Crippen LogP contribution in [0.1, 0.15) is 20.3 Å². The van der Waals surface area contributed by atoms with Crippen molar-refractivity contribution in [1.82, 2.24) is 19.8 Å². The Bertz CT molecular complexity index is 945. The first-order chi connectivity index (χ1) is 13.5. The number of carbonyl (C=O) groups is 1. The van der Waals surface area contributed by atoms with E-state index < -0.39 is 0 Å². The van der Waals surface area contributed by atoms with Gasteiger partial charge in [-0.15, -0.1) is 0 Å². The number of anilines is 1. The first kappa shape index (κ1) is 19.7. The number of benzene rings is 1. The SMILES string of the molecule is CC(C)C#CCNC(=O)n1c(N2CCN(C)C(CC#N)C2)nc2ccccc21. The molecule has 0 radical (unpaired) electrons. The molecule has 2 aromatic rings. The smallest absolute Gasteiger partial charge is 0.329 e. The summed E-state index contributed by atoms with van der Waals surface area (Å²) in [6.07, 6.45) is 0.449. The summed E-state index contributed by atoms with van der Waals surface area (Å²) in [6, 6.07) is 9.76. The van der Waals surface area contributed by atoms with Gasteiger partial charge in [0.2, 0.25) is 5.95 Å².